The number of hydrogen-bond acceptors (Lipinski definition) is 18. The number of thioether (sulfide) groups is 2. The molecule has 6 saturated heterocycles. The van der Waals surface area contributed by atoms with E-state index in [1.807, 2.05) is 231 Å². The standard InChI is InChI=1S/C18H18N2O2S.C18H16N2O2S.C13H12N2OS.C10H8N2OS.C10H12N2S.C9H16N2OS.C9H14N2OS.C4H8O.CH4/c2*1-22-15-9-7-14(8-10-15)12-23-18-19-16(17(21)20-18)11-13-5-3-2-4-6-13;1-2-8-15-12(16)11(14-13(15)17)9-10-6-4-3-5-7-10;13-9-8(11-10(14)12-9)6-7-4-2-1-3-5-7;13-10-11-7-9(12-10)6-8-4-2-1-3-5-8;2*1-5-6-7(12)11(8(13)10-6)9(2,3)4;1-2-4-5-3-1;/h2-10,16H,11-12H2,1H3,(H,19,20,21);2-11H,12H2,1H3,(H,19,20,21);2-7,9H,1,8H2,(H,14,17);1-6H,(H2,11,12,13,14);1-5,9H,6-7H2,(H2,11,12,13);6H,5H2,1-4H3,(H,10,13);5H,1-4H3,(H,10,13);1-4H2;1H4/b;16-11-;11-9-;8-6-;;;6-5-;;. The third kappa shape index (κ3) is 31.7. The summed E-state index contributed by atoms with van der Waals surface area (Å²) in [4.78, 5) is 84.3. The number of nitrogens with one attached hydrogen (secondary N) is 9. The Morgan fingerprint density at radius 3 is 1.41 bits per heavy atom. The molecule has 8 aliphatic rings. The van der Waals surface area contributed by atoms with Gasteiger partial charge < -0.3 is 51.4 Å². The summed E-state index contributed by atoms with van der Waals surface area (Å²) in [6.45, 7) is 22.6. The molecule has 0 aromatic heterocycles. The summed E-state index contributed by atoms with van der Waals surface area (Å²) in [7, 11) is 3.30. The quantitative estimate of drug-likeness (QED) is 0.0247. The molecule has 0 saturated carbocycles. The first-order valence-electron chi connectivity index (χ1n) is 39.2. The van der Waals surface area contributed by atoms with E-state index >= 15 is 0 Å². The van der Waals surface area contributed by atoms with Crippen LogP contribution in [0.5, 0.6) is 11.5 Å². The zero-order valence-electron chi connectivity index (χ0n) is 69.4. The van der Waals surface area contributed by atoms with Crippen molar-refractivity contribution in [3.05, 3.63) is 281 Å². The highest BCUT2D eigenvalue weighted by atomic mass is 32.2. The van der Waals surface area contributed by atoms with E-state index in [9.17, 15) is 28.8 Å². The first-order valence-corrected chi connectivity index (χ1v) is 43.2. The van der Waals surface area contributed by atoms with Gasteiger partial charge in [0.15, 0.2) is 35.9 Å². The van der Waals surface area contributed by atoms with E-state index in [0.29, 0.717) is 72.6 Å². The van der Waals surface area contributed by atoms with Crippen molar-refractivity contribution in [1.82, 2.24) is 62.6 Å². The molecular formula is C92H108N14O9S7. The number of carbonyl (C=O) groups excluding carboxylic acids is 6. The number of hydrogen-bond donors (Lipinski definition) is 9. The molecule has 7 aromatic rings. The van der Waals surface area contributed by atoms with Crippen LogP contribution in [0.1, 0.15) is 121 Å². The Morgan fingerprint density at radius 1 is 0.516 bits per heavy atom. The number of aliphatic imine (C=N–C) groups is 2. The Bertz CT molecular complexity index is 4940. The molecule has 7 aromatic carbocycles. The number of nitrogens with zero attached hydrogens (tertiary/aromatic N) is 5. The van der Waals surface area contributed by atoms with Crippen molar-refractivity contribution >= 4 is 174 Å². The predicted octanol–water partition coefficient (Wildman–Crippen LogP) is 14.6. The molecule has 122 heavy (non-hydrogen) atoms. The van der Waals surface area contributed by atoms with Gasteiger partial charge >= 0.3 is 0 Å². The van der Waals surface area contributed by atoms with E-state index in [1.165, 1.54) is 40.6 Å². The van der Waals surface area contributed by atoms with Crippen LogP contribution in [-0.4, -0.2) is 156 Å². The Hall–Kier alpha value is -11.1. The van der Waals surface area contributed by atoms with Gasteiger partial charge in [-0.3, -0.25) is 54.1 Å². The number of benzene rings is 7. The molecule has 9 N–H and O–H groups in total. The Labute approximate surface area is 752 Å². The molecule has 6 fully saturated rings. The summed E-state index contributed by atoms with van der Waals surface area (Å²) in [6.07, 6.45) is 13.7. The van der Waals surface area contributed by atoms with E-state index in [4.69, 9.17) is 75.3 Å². The van der Waals surface area contributed by atoms with Gasteiger partial charge in [0.25, 0.3) is 35.4 Å². The molecule has 6 amide bonds. The fourth-order valence-corrected chi connectivity index (χ4v) is 15.3. The lowest BCUT2D eigenvalue weighted by atomic mass is 10.1. The predicted molar refractivity (Wildman–Crippen MR) is 515 cm³/mol. The molecule has 0 aliphatic carbocycles. The van der Waals surface area contributed by atoms with Crippen molar-refractivity contribution in [2.75, 3.05) is 40.5 Å². The van der Waals surface area contributed by atoms with Gasteiger partial charge in [0.05, 0.1) is 14.2 Å². The molecule has 3 atom stereocenters. The number of rotatable bonds is 16. The highest BCUT2D eigenvalue weighted by Gasteiger charge is 2.41. The maximum absolute atomic E-state index is 12.0. The molecule has 0 spiro atoms. The van der Waals surface area contributed by atoms with Crippen LogP contribution in [-0.2, 0) is 57.9 Å². The summed E-state index contributed by atoms with van der Waals surface area (Å²) in [5.41, 5.74) is 9.20. The van der Waals surface area contributed by atoms with Crippen LogP contribution in [0.2, 0.25) is 0 Å². The zero-order valence-corrected chi connectivity index (χ0v) is 75.1. The lowest BCUT2D eigenvalue weighted by molar-refractivity contribution is -0.130. The number of thiocarbonyl (C=S) groups is 5. The fraction of sp³-hybridized carbons (Fsp3) is 0.293. The van der Waals surface area contributed by atoms with Gasteiger partial charge in [0.2, 0.25) is 0 Å². The third-order valence-corrected chi connectivity index (χ3v) is 21.3. The molecule has 3 unspecified atom stereocenters. The average molecular weight is 1780 g/mol. The highest BCUT2D eigenvalue weighted by molar-refractivity contribution is 8.13. The maximum atomic E-state index is 12.0. The molecule has 23 nitrogen and oxygen atoms in total. The average Bonchev–Trinajstić information content (AvgIpc) is 1.66. The van der Waals surface area contributed by atoms with Gasteiger partial charge in [-0.15, -0.1) is 6.58 Å². The second-order valence-electron chi connectivity index (χ2n) is 29.5. The molecule has 642 valence electrons. The second kappa shape index (κ2) is 49.7. The molecule has 30 heteroatoms. The van der Waals surface area contributed by atoms with Crippen LogP contribution in [0.4, 0.5) is 0 Å². The number of ether oxygens (including phenoxy) is 3. The van der Waals surface area contributed by atoms with Gasteiger partial charge in [-0.05, 0) is 217 Å². The van der Waals surface area contributed by atoms with E-state index in [1.54, 1.807) is 66.2 Å². The van der Waals surface area contributed by atoms with Crippen molar-refractivity contribution in [3.8, 4) is 11.5 Å². The highest BCUT2D eigenvalue weighted by Crippen LogP contribution is 2.26. The lowest BCUT2D eigenvalue weighted by Crippen LogP contribution is -2.46. The number of methoxy groups -OCH3 is 2. The SMILES string of the molecule is C.C/C=C1\NC(=S)N(C(C)(C)C)C1=O.C1CCOC1.C=CCN1C(=O)/C(=C/c2ccccc2)NC1=S.CCC1NC(=S)N(C(C)(C)C)C1=O.COc1ccc(CSC2=N/C(=C\c3ccccc3)C(=O)N2)cc1.COc1ccc(CSC2=NC(Cc3ccccc3)C(=O)N2)cc1.O=C1NC(=S)N/C1=C\c1ccccc1.S=C1NCC(Cc2ccccc2)N1. The van der Waals surface area contributed by atoms with Crippen LogP contribution < -0.4 is 57.3 Å². The smallest absolute Gasteiger partial charge is 0.276 e. The van der Waals surface area contributed by atoms with Crippen molar-refractivity contribution < 1.29 is 43.0 Å². The lowest BCUT2D eigenvalue weighted by Gasteiger charge is -2.30. The van der Waals surface area contributed by atoms with E-state index in [0.717, 1.165) is 88.5 Å². The van der Waals surface area contributed by atoms with Crippen LogP contribution in [0.15, 0.2) is 252 Å². The molecular weight excluding hydrogens is 1670 g/mol. The Morgan fingerprint density at radius 2 is 1.00 bits per heavy atom. The molecule has 0 radical (unpaired) electrons. The van der Waals surface area contributed by atoms with Crippen molar-refractivity contribution in [1.29, 1.82) is 0 Å². The maximum Gasteiger partial charge on any atom is 0.276 e. The number of allylic oxidation sites excluding steroid dienone is 1. The summed E-state index contributed by atoms with van der Waals surface area (Å²) in [5.74, 6) is 2.75. The summed E-state index contributed by atoms with van der Waals surface area (Å²) < 4.78 is 15.2. The first-order chi connectivity index (χ1) is 58.1. The Balaban J connectivity index is 0.000000196. The minimum atomic E-state index is -0.323. The van der Waals surface area contributed by atoms with E-state index in [-0.39, 0.29) is 66.0 Å². The third-order valence-electron chi connectivity index (χ3n) is 18.1. The summed E-state index contributed by atoms with van der Waals surface area (Å²) in [5, 5.41) is 30.0. The Kier molecular flexibility index (Phi) is 40.0. The number of carbonyl (C=O) groups is 6. The van der Waals surface area contributed by atoms with Crippen LogP contribution in [0, 0.1) is 0 Å². The monoisotopic (exact) mass is 1780 g/mol. The van der Waals surface area contributed by atoms with Gasteiger partial charge in [0.1, 0.15) is 46.4 Å². The second-order valence-corrected chi connectivity index (χ2v) is 33.4. The zero-order chi connectivity index (χ0) is 87.4. The van der Waals surface area contributed by atoms with E-state index < -0.39 is 0 Å². The van der Waals surface area contributed by atoms with Gasteiger partial charge in [0, 0.05) is 61.3 Å². The minimum Gasteiger partial charge on any atom is -0.497 e. The van der Waals surface area contributed by atoms with Crippen LogP contribution in [0.25, 0.3) is 18.2 Å². The van der Waals surface area contributed by atoms with E-state index in [2.05, 4.69) is 88.7 Å². The number of amidine groups is 2. The van der Waals surface area contributed by atoms with Gasteiger partial charge in [-0.2, -0.15) is 0 Å². The van der Waals surface area contributed by atoms with Gasteiger partial charge in [-0.25, -0.2) is 9.98 Å². The summed E-state index contributed by atoms with van der Waals surface area (Å²) >= 11 is 28.1. The molecule has 8 heterocycles. The fourth-order valence-electron chi connectivity index (χ4n) is 11.9. The van der Waals surface area contributed by atoms with Gasteiger partial charge in [-0.1, -0.05) is 226 Å². The largest absolute Gasteiger partial charge is 0.497 e. The molecule has 0 bridgehead atoms. The minimum absolute atomic E-state index is 0. The van der Waals surface area contributed by atoms with Crippen molar-refractivity contribution in [2.24, 2.45) is 9.98 Å². The number of amides is 6. The van der Waals surface area contributed by atoms with Crippen molar-refractivity contribution in [2.45, 2.75) is 136 Å². The first kappa shape index (κ1) is 98.0. The van der Waals surface area contributed by atoms with Crippen LogP contribution >= 0.6 is 84.6 Å². The normalized spacial score (nSPS) is 18.6. The van der Waals surface area contributed by atoms with Crippen molar-refractivity contribution in [3.63, 3.8) is 0 Å². The van der Waals surface area contributed by atoms with Crippen LogP contribution in [0.3, 0.4) is 0 Å². The summed E-state index contributed by atoms with van der Waals surface area (Å²) in [6, 6.07) is 65.1. The molecule has 8 aliphatic heterocycles. The topological polar surface area (TPSA) is 273 Å². The molecule has 15 rings (SSSR count).